The van der Waals surface area contributed by atoms with Gasteiger partial charge in [0.15, 0.2) is 11.6 Å². The highest BCUT2D eigenvalue weighted by Gasteiger charge is 2.11. The number of rotatable bonds is 6. The first-order valence-corrected chi connectivity index (χ1v) is 9.97. The van der Waals surface area contributed by atoms with E-state index in [9.17, 15) is 13.6 Å². The third kappa shape index (κ3) is 5.00. The van der Waals surface area contributed by atoms with Crippen LogP contribution in [0.4, 0.5) is 8.78 Å². The van der Waals surface area contributed by atoms with Crippen LogP contribution in [0.1, 0.15) is 21.5 Å². The van der Waals surface area contributed by atoms with E-state index in [1.807, 2.05) is 49.1 Å². The summed E-state index contributed by atoms with van der Waals surface area (Å²) in [6.45, 7) is 1.94. The molecule has 1 N–H and O–H groups in total. The number of benzene rings is 2. The van der Waals surface area contributed by atoms with Crippen molar-refractivity contribution in [3.63, 3.8) is 0 Å². The molecule has 0 aliphatic carbocycles. The van der Waals surface area contributed by atoms with Crippen LogP contribution in [0.2, 0.25) is 0 Å². The summed E-state index contributed by atoms with van der Waals surface area (Å²) in [7, 11) is 1.94. The van der Waals surface area contributed by atoms with E-state index in [4.69, 9.17) is 4.74 Å². The van der Waals surface area contributed by atoms with Crippen molar-refractivity contribution in [3.8, 4) is 22.8 Å². The average Bonchev–Trinajstić information content (AvgIpc) is 3.20. The van der Waals surface area contributed by atoms with E-state index in [2.05, 4.69) is 10.3 Å². The van der Waals surface area contributed by atoms with E-state index >= 15 is 0 Å². The maximum absolute atomic E-state index is 13.4. The molecule has 0 aliphatic rings. The smallest absolute Gasteiger partial charge is 0.251 e. The number of halogens is 2. The molecule has 0 radical (unpaired) electrons. The topological polar surface area (TPSA) is 56.2 Å². The summed E-state index contributed by atoms with van der Waals surface area (Å²) in [5.74, 6) is -1.11. The quantitative estimate of drug-likeness (QED) is 0.443. The van der Waals surface area contributed by atoms with Crippen molar-refractivity contribution in [2.45, 2.75) is 13.5 Å². The van der Waals surface area contributed by atoms with Gasteiger partial charge >= 0.3 is 0 Å². The van der Waals surface area contributed by atoms with Crippen molar-refractivity contribution in [1.82, 2.24) is 14.9 Å². The van der Waals surface area contributed by atoms with Gasteiger partial charge in [-0.3, -0.25) is 9.78 Å². The Balaban J connectivity index is 1.49. The van der Waals surface area contributed by atoms with Gasteiger partial charge in [-0.15, -0.1) is 0 Å². The first-order chi connectivity index (χ1) is 15.4. The molecule has 2 aromatic heterocycles. The van der Waals surface area contributed by atoms with E-state index < -0.39 is 11.6 Å². The van der Waals surface area contributed by atoms with Gasteiger partial charge in [-0.2, -0.15) is 0 Å². The number of nitrogens with zero attached hydrogens (tertiary/aromatic N) is 2. The zero-order valence-electron chi connectivity index (χ0n) is 17.6. The van der Waals surface area contributed by atoms with Crippen molar-refractivity contribution in [1.29, 1.82) is 0 Å². The van der Waals surface area contributed by atoms with Gasteiger partial charge in [-0.25, -0.2) is 8.78 Å². The molecule has 5 nitrogen and oxygen atoms in total. The van der Waals surface area contributed by atoms with Gasteiger partial charge in [0, 0.05) is 49.4 Å². The van der Waals surface area contributed by atoms with Crippen molar-refractivity contribution >= 4 is 5.91 Å². The number of aryl methyl sites for hydroxylation is 2. The summed E-state index contributed by atoms with van der Waals surface area (Å²) in [4.78, 5) is 17.0. The van der Waals surface area contributed by atoms with Gasteiger partial charge in [0.25, 0.3) is 5.91 Å². The molecule has 4 rings (SSSR count). The van der Waals surface area contributed by atoms with E-state index in [1.54, 1.807) is 24.4 Å². The Morgan fingerprint density at radius 3 is 2.62 bits per heavy atom. The molecule has 32 heavy (non-hydrogen) atoms. The van der Waals surface area contributed by atoms with Gasteiger partial charge in [0.05, 0.1) is 5.69 Å². The summed E-state index contributed by atoms with van der Waals surface area (Å²) in [6, 6.07) is 14.3. The number of nitrogens with one attached hydrogen (secondary N) is 1. The number of hydrogen-bond acceptors (Lipinski definition) is 3. The summed E-state index contributed by atoms with van der Waals surface area (Å²) >= 11 is 0. The molecule has 2 aromatic carbocycles. The minimum atomic E-state index is -0.949. The Kier molecular flexibility index (Phi) is 5.98. The number of amides is 1. The molecule has 1 amide bonds. The zero-order chi connectivity index (χ0) is 22.7. The second-order valence-corrected chi connectivity index (χ2v) is 7.51. The normalized spacial score (nSPS) is 10.8. The fraction of sp³-hybridized carbons (Fsp3) is 0.120. The Morgan fingerprint density at radius 1 is 1.03 bits per heavy atom. The predicted octanol–water partition coefficient (Wildman–Crippen LogP) is 5.40. The highest BCUT2D eigenvalue weighted by Crippen LogP contribution is 2.27. The second-order valence-electron chi connectivity index (χ2n) is 7.51. The van der Waals surface area contributed by atoms with Crippen LogP contribution in [0.5, 0.6) is 11.5 Å². The molecule has 0 atom stereocenters. The maximum Gasteiger partial charge on any atom is 0.251 e. The van der Waals surface area contributed by atoms with Gasteiger partial charge in [-0.1, -0.05) is 6.07 Å². The van der Waals surface area contributed by atoms with Crippen LogP contribution in [-0.2, 0) is 13.6 Å². The van der Waals surface area contributed by atoms with E-state index in [0.29, 0.717) is 22.6 Å². The van der Waals surface area contributed by atoms with E-state index in [1.165, 1.54) is 6.07 Å². The molecule has 0 bridgehead atoms. The number of carbonyl (C=O) groups is 1. The molecule has 0 fully saturated rings. The summed E-state index contributed by atoms with van der Waals surface area (Å²) in [5.41, 5.74) is 3.46. The Hall–Kier alpha value is -4.00. The van der Waals surface area contributed by atoms with Gasteiger partial charge < -0.3 is 14.6 Å². The minimum Gasteiger partial charge on any atom is -0.457 e. The summed E-state index contributed by atoms with van der Waals surface area (Å²) in [5, 5.41) is 2.72. The Labute approximate surface area is 184 Å². The first kappa shape index (κ1) is 21.2. The molecular weight excluding hydrogens is 412 g/mol. The van der Waals surface area contributed by atoms with Crippen LogP contribution in [0.25, 0.3) is 11.3 Å². The molecule has 0 unspecified atom stereocenters. The lowest BCUT2D eigenvalue weighted by molar-refractivity contribution is 0.0950. The fourth-order valence-electron chi connectivity index (χ4n) is 3.30. The molecule has 0 spiro atoms. The molecule has 4 aromatic rings. The summed E-state index contributed by atoms with van der Waals surface area (Å²) < 4.78 is 34.4. The molecular formula is C25H21F2N3O2. The van der Waals surface area contributed by atoms with Crippen LogP contribution in [0, 0.1) is 18.6 Å². The molecule has 0 saturated heterocycles. The third-order valence-corrected chi connectivity index (χ3v) is 4.84. The highest BCUT2D eigenvalue weighted by molar-refractivity contribution is 5.94. The zero-order valence-corrected chi connectivity index (χ0v) is 17.6. The number of pyridine rings is 1. The second kappa shape index (κ2) is 9.01. The van der Waals surface area contributed by atoms with Crippen molar-refractivity contribution in [3.05, 3.63) is 102 Å². The van der Waals surface area contributed by atoms with Crippen LogP contribution in [0.3, 0.4) is 0 Å². The minimum absolute atomic E-state index is 0.0744. The Morgan fingerprint density at radius 2 is 1.88 bits per heavy atom. The lowest BCUT2D eigenvalue weighted by Crippen LogP contribution is -2.23. The number of aromatic nitrogens is 2. The fourth-order valence-corrected chi connectivity index (χ4v) is 3.30. The van der Waals surface area contributed by atoms with Crippen molar-refractivity contribution in [2.24, 2.45) is 7.05 Å². The number of hydrogen-bond donors (Lipinski definition) is 1. The standard InChI is InChI=1S/C25H21F2N3O2/c1-16-9-19(25(31)29-14-17-3-4-22(26)23(27)11-17)12-21(10-16)32-20-5-7-28-24(13-20)18-6-8-30(2)15-18/h3-13,15H,14H2,1-2H3,(H,29,31). The first-order valence-electron chi connectivity index (χ1n) is 9.97. The average molecular weight is 433 g/mol. The van der Waals surface area contributed by atoms with Crippen molar-refractivity contribution < 1.29 is 18.3 Å². The third-order valence-electron chi connectivity index (χ3n) is 4.84. The van der Waals surface area contributed by atoms with Gasteiger partial charge in [0.1, 0.15) is 11.5 Å². The van der Waals surface area contributed by atoms with E-state index in [-0.39, 0.29) is 12.5 Å². The van der Waals surface area contributed by atoms with Crippen molar-refractivity contribution in [2.75, 3.05) is 0 Å². The van der Waals surface area contributed by atoms with Crippen LogP contribution in [-0.4, -0.2) is 15.5 Å². The number of carbonyl (C=O) groups excluding carboxylic acids is 1. The molecule has 7 heteroatoms. The predicted molar refractivity (Wildman–Crippen MR) is 117 cm³/mol. The molecule has 0 aliphatic heterocycles. The van der Waals surface area contributed by atoms with E-state index in [0.717, 1.165) is 29.0 Å². The molecule has 2 heterocycles. The maximum atomic E-state index is 13.4. The molecule has 162 valence electrons. The lowest BCUT2D eigenvalue weighted by Gasteiger charge is -2.11. The summed E-state index contributed by atoms with van der Waals surface area (Å²) in [6.07, 6.45) is 5.58. The monoisotopic (exact) mass is 433 g/mol. The molecule has 0 saturated carbocycles. The highest BCUT2D eigenvalue weighted by atomic mass is 19.2. The Bertz CT molecular complexity index is 1280. The van der Waals surface area contributed by atoms with Crippen LogP contribution in [0.15, 0.2) is 73.2 Å². The van der Waals surface area contributed by atoms with Crippen LogP contribution < -0.4 is 10.1 Å². The van der Waals surface area contributed by atoms with Crippen LogP contribution >= 0.6 is 0 Å². The largest absolute Gasteiger partial charge is 0.457 e. The number of ether oxygens (including phenoxy) is 1. The SMILES string of the molecule is Cc1cc(Oc2ccnc(-c3ccn(C)c3)c2)cc(C(=O)NCc2ccc(F)c(F)c2)c1. The van der Waals surface area contributed by atoms with Gasteiger partial charge in [0.2, 0.25) is 0 Å². The lowest BCUT2D eigenvalue weighted by atomic mass is 10.1. The van der Waals surface area contributed by atoms with Gasteiger partial charge in [-0.05, 0) is 60.5 Å².